The number of rotatable bonds is 5. The molecule has 1 aliphatic heterocycles. The molecule has 4 rings (SSSR count). The van der Waals surface area contributed by atoms with Crippen LogP contribution in [0.4, 0.5) is 0 Å². The fraction of sp³-hybridized carbons (Fsp3) is 0.400. The van der Waals surface area contributed by atoms with Gasteiger partial charge in [-0.05, 0) is 38.0 Å². The van der Waals surface area contributed by atoms with Gasteiger partial charge in [-0.15, -0.1) is 0 Å². The predicted octanol–water partition coefficient (Wildman–Crippen LogP) is 2.92. The second-order valence-electron chi connectivity index (χ2n) is 6.93. The quantitative estimate of drug-likeness (QED) is 0.728. The number of nitrogens with zero attached hydrogens (tertiary/aromatic N) is 3. The van der Waals surface area contributed by atoms with Crippen molar-refractivity contribution in [3.8, 4) is 11.5 Å². The summed E-state index contributed by atoms with van der Waals surface area (Å²) < 4.78 is 10.7. The molecule has 0 saturated carbocycles. The van der Waals surface area contributed by atoms with E-state index >= 15 is 0 Å². The number of nitrogens with one attached hydrogen (secondary N) is 1. The number of pyridine rings is 1. The number of hydrogen-bond donors (Lipinski definition) is 1. The van der Waals surface area contributed by atoms with Crippen LogP contribution in [0, 0.1) is 6.92 Å². The highest BCUT2D eigenvalue weighted by Gasteiger charge is 2.21. The molecular weight excluding hydrogens is 360 g/mol. The van der Waals surface area contributed by atoms with E-state index in [1.54, 1.807) is 31.4 Å². The monoisotopic (exact) mass is 382 g/mol. The van der Waals surface area contributed by atoms with Crippen molar-refractivity contribution < 1.29 is 18.5 Å². The van der Waals surface area contributed by atoms with Crippen molar-refractivity contribution in [3.63, 3.8) is 0 Å². The number of aromatic nitrogens is 2. The molecule has 8 nitrogen and oxygen atoms in total. The molecule has 146 valence electrons. The number of furan rings is 1. The Hall–Kier alpha value is -3.16. The lowest BCUT2D eigenvalue weighted by Crippen LogP contribution is -2.38. The summed E-state index contributed by atoms with van der Waals surface area (Å²) in [6.07, 6.45) is 5.16. The van der Waals surface area contributed by atoms with Gasteiger partial charge in [0.2, 0.25) is 5.91 Å². The highest BCUT2D eigenvalue weighted by Crippen LogP contribution is 2.27. The first-order chi connectivity index (χ1) is 13.6. The van der Waals surface area contributed by atoms with E-state index in [0.29, 0.717) is 53.3 Å². The van der Waals surface area contributed by atoms with Gasteiger partial charge < -0.3 is 19.2 Å². The standard InChI is InChI=1S/C20H22N4O4/c1-13-18-14(12-15(16-6-5-11-27-16)22-20(18)28-23-13)19(26)21-8-10-24-9-4-2-3-7-17(24)25/h5-6,11-12H,2-4,7-10H2,1H3,(H,21,26). The topological polar surface area (TPSA) is 101 Å². The van der Waals surface area contributed by atoms with Crippen LogP contribution < -0.4 is 5.32 Å². The summed E-state index contributed by atoms with van der Waals surface area (Å²) in [6.45, 7) is 3.41. The van der Waals surface area contributed by atoms with Crippen LogP contribution in [0.25, 0.3) is 22.6 Å². The van der Waals surface area contributed by atoms with Crippen molar-refractivity contribution in [2.45, 2.75) is 32.6 Å². The molecule has 3 aromatic rings. The molecule has 28 heavy (non-hydrogen) atoms. The second kappa shape index (κ2) is 7.84. The van der Waals surface area contributed by atoms with E-state index in [9.17, 15) is 9.59 Å². The van der Waals surface area contributed by atoms with Crippen LogP contribution in [0.2, 0.25) is 0 Å². The summed E-state index contributed by atoms with van der Waals surface area (Å²) >= 11 is 0. The zero-order valence-electron chi connectivity index (χ0n) is 15.7. The summed E-state index contributed by atoms with van der Waals surface area (Å²) in [7, 11) is 0. The van der Waals surface area contributed by atoms with E-state index in [4.69, 9.17) is 8.94 Å². The van der Waals surface area contributed by atoms with Gasteiger partial charge in [0.15, 0.2) is 5.76 Å². The van der Waals surface area contributed by atoms with E-state index in [-0.39, 0.29) is 11.8 Å². The number of aryl methyl sites for hydroxylation is 1. The van der Waals surface area contributed by atoms with Crippen molar-refractivity contribution in [2.24, 2.45) is 0 Å². The highest BCUT2D eigenvalue weighted by molar-refractivity contribution is 6.06. The zero-order chi connectivity index (χ0) is 19.5. The summed E-state index contributed by atoms with van der Waals surface area (Å²) in [5.41, 5.74) is 1.82. The SMILES string of the molecule is Cc1noc2nc(-c3ccco3)cc(C(=O)NCCN3CCCCCC3=O)c12. The first-order valence-corrected chi connectivity index (χ1v) is 9.50. The van der Waals surface area contributed by atoms with E-state index < -0.39 is 0 Å². The Morgan fingerprint density at radius 1 is 1.32 bits per heavy atom. The molecule has 4 heterocycles. The van der Waals surface area contributed by atoms with Crippen LogP contribution >= 0.6 is 0 Å². The molecule has 1 aliphatic rings. The third-order valence-electron chi connectivity index (χ3n) is 4.97. The first kappa shape index (κ1) is 18.2. The zero-order valence-corrected chi connectivity index (χ0v) is 15.7. The number of carbonyl (C=O) groups excluding carboxylic acids is 2. The van der Waals surface area contributed by atoms with Gasteiger partial charge in [0.1, 0.15) is 5.69 Å². The van der Waals surface area contributed by atoms with Gasteiger partial charge in [-0.3, -0.25) is 9.59 Å². The molecule has 0 aliphatic carbocycles. The van der Waals surface area contributed by atoms with Gasteiger partial charge >= 0.3 is 0 Å². The molecular formula is C20H22N4O4. The Balaban J connectivity index is 1.53. The molecule has 1 N–H and O–H groups in total. The lowest BCUT2D eigenvalue weighted by Gasteiger charge is -2.20. The van der Waals surface area contributed by atoms with Crippen LogP contribution in [-0.4, -0.2) is 46.5 Å². The van der Waals surface area contributed by atoms with Crippen molar-refractivity contribution >= 4 is 22.9 Å². The average molecular weight is 382 g/mol. The molecule has 0 atom stereocenters. The van der Waals surface area contributed by atoms with Crippen molar-refractivity contribution in [2.75, 3.05) is 19.6 Å². The van der Waals surface area contributed by atoms with Crippen LogP contribution in [-0.2, 0) is 4.79 Å². The normalized spacial score (nSPS) is 15.0. The maximum atomic E-state index is 12.9. The van der Waals surface area contributed by atoms with Crippen LogP contribution in [0.5, 0.6) is 0 Å². The highest BCUT2D eigenvalue weighted by atomic mass is 16.5. The van der Waals surface area contributed by atoms with Gasteiger partial charge in [0.25, 0.3) is 11.6 Å². The van der Waals surface area contributed by atoms with Gasteiger partial charge in [0.05, 0.1) is 22.9 Å². The number of carbonyl (C=O) groups is 2. The summed E-state index contributed by atoms with van der Waals surface area (Å²) in [4.78, 5) is 31.2. The van der Waals surface area contributed by atoms with E-state index in [0.717, 1.165) is 25.8 Å². The molecule has 0 bridgehead atoms. The number of fused-ring (bicyclic) bond motifs is 1. The summed E-state index contributed by atoms with van der Waals surface area (Å²) in [5, 5.41) is 7.42. The minimum atomic E-state index is -0.256. The minimum Gasteiger partial charge on any atom is -0.463 e. The van der Waals surface area contributed by atoms with E-state index in [2.05, 4.69) is 15.5 Å². The van der Waals surface area contributed by atoms with Crippen molar-refractivity contribution in [3.05, 3.63) is 35.7 Å². The Labute approximate surface area is 161 Å². The summed E-state index contributed by atoms with van der Waals surface area (Å²) in [6, 6.07) is 5.20. The molecule has 0 spiro atoms. The molecule has 3 aromatic heterocycles. The van der Waals surface area contributed by atoms with Crippen LogP contribution in [0.1, 0.15) is 41.7 Å². The van der Waals surface area contributed by atoms with Crippen LogP contribution in [0.3, 0.4) is 0 Å². The first-order valence-electron chi connectivity index (χ1n) is 9.50. The fourth-order valence-corrected chi connectivity index (χ4v) is 3.50. The Bertz CT molecular complexity index is 993. The molecule has 1 fully saturated rings. The molecule has 0 unspecified atom stereocenters. The average Bonchev–Trinajstić information content (AvgIpc) is 3.31. The summed E-state index contributed by atoms with van der Waals surface area (Å²) in [5.74, 6) is 0.446. The molecule has 0 aromatic carbocycles. The van der Waals surface area contributed by atoms with Gasteiger partial charge in [0, 0.05) is 26.1 Å². The van der Waals surface area contributed by atoms with Crippen molar-refractivity contribution in [1.82, 2.24) is 20.4 Å². The van der Waals surface area contributed by atoms with Crippen LogP contribution in [0.15, 0.2) is 33.4 Å². The maximum absolute atomic E-state index is 12.9. The van der Waals surface area contributed by atoms with E-state index in [1.165, 1.54) is 0 Å². The van der Waals surface area contributed by atoms with Crippen molar-refractivity contribution in [1.29, 1.82) is 0 Å². The van der Waals surface area contributed by atoms with Gasteiger partial charge in [-0.25, -0.2) is 4.98 Å². The third-order valence-corrected chi connectivity index (χ3v) is 4.97. The second-order valence-corrected chi connectivity index (χ2v) is 6.93. The minimum absolute atomic E-state index is 0.160. The Kier molecular flexibility index (Phi) is 5.10. The number of amides is 2. The molecule has 8 heteroatoms. The smallest absolute Gasteiger partial charge is 0.259 e. The maximum Gasteiger partial charge on any atom is 0.259 e. The molecule has 1 saturated heterocycles. The number of likely N-dealkylation sites (tertiary alicyclic amines) is 1. The molecule has 2 amide bonds. The Morgan fingerprint density at radius 3 is 3.04 bits per heavy atom. The molecule has 0 radical (unpaired) electrons. The van der Waals surface area contributed by atoms with E-state index in [1.807, 2.05) is 4.90 Å². The third kappa shape index (κ3) is 3.62. The number of hydrogen-bond acceptors (Lipinski definition) is 6. The Morgan fingerprint density at radius 2 is 2.21 bits per heavy atom. The fourth-order valence-electron chi connectivity index (χ4n) is 3.50. The van der Waals surface area contributed by atoms with Gasteiger partial charge in [-0.1, -0.05) is 11.6 Å². The predicted molar refractivity (Wildman–Crippen MR) is 102 cm³/mol. The lowest BCUT2D eigenvalue weighted by molar-refractivity contribution is -0.130. The lowest BCUT2D eigenvalue weighted by atomic mass is 10.1. The van der Waals surface area contributed by atoms with Gasteiger partial charge in [-0.2, -0.15) is 0 Å². The largest absolute Gasteiger partial charge is 0.463 e.